The third-order valence-corrected chi connectivity index (χ3v) is 6.70. The zero-order chi connectivity index (χ0) is 22.2. The van der Waals surface area contributed by atoms with Gasteiger partial charge < -0.3 is 15.3 Å². The summed E-state index contributed by atoms with van der Waals surface area (Å²) in [7, 11) is 0. The van der Waals surface area contributed by atoms with Crippen LogP contribution in [0, 0.1) is 17.7 Å². The number of halogens is 1. The van der Waals surface area contributed by atoms with Crippen LogP contribution in [-0.2, 0) is 9.59 Å². The fraction of sp³-hybridized carbons (Fsp3) is 0.455. The van der Waals surface area contributed by atoms with Gasteiger partial charge in [-0.15, -0.1) is 11.8 Å². The number of carbonyl (C=O) groups is 2. The van der Waals surface area contributed by atoms with Gasteiger partial charge >= 0.3 is 5.97 Å². The van der Waals surface area contributed by atoms with Gasteiger partial charge in [-0.25, -0.2) is 9.18 Å². The number of aliphatic hydroxyl groups is 2. The zero-order valence-electron chi connectivity index (χ0n) is 17.1. The van der Waals surface area contributed by atoms with Gasteiger partial charge in [0.1, 0.15) is 16.8 Å². The van der Waals surface area contributed by atoms with Crippen molar-refractivity contribution in [3.63, 3.8) is 0 Å². The van der Waals surface area contributed by atoms with Crippen molar-refractivity contribution in [2.45, 2.75) is 38.2 Å². The molecule has 8 heteroatoms. The van der Waals surface area contributed by atoms with Crippen molar-refractivity contribution in [2.24, 2.45) is 11.8 Å². The van der Waals surface area contributed by atoms with Crippen LogP contribution in [0.25, 0.3) is 0 Å². The van der Waals surface area contributed by atoms with Crippen molar-refractivity contribution in [3.8, 4) is 0 Å². The predicted molar refractivity (Wildman–Crippen MR) is 112 cm³/mol. The molecule has 3 N–H and O–H groups in total. The van der Waals surface area contributed by atoms with Gasteiger partial charge in [0.15, 0.2) is 0 Å². The normalized spacial score (nSPS) is 27.1. The molecule has 1 aliphatic heterocycles. The second-order valence-electron chi connectivity index (χ2n) is 8.24. The van der Waals surface area contributed by atoms with Crippen molar-refractivity contribution in [3.05, 3.63) is 58.6 Å². The number of allylic oxidation sites excluding steroid dienone is 2. The fourth-order valence-electron chi connectivity index (χ4n) is 4.17. The number of aliphatic hydroxyl groups excluding tert-OH is 1. The van der Waals surface area contributed by atoms with E-state index < -0.39 is 35.3 Å². The van der Waals surface area contributed by atoms with Gasteiger partial charge in [0.05, 0.1) is 18.1 Å². The van der Waals surface area contributed by atoms with Gasteiger partial charge in [-0.1, -0.05) is 26.0 Å². The highest BCUT2D eigenvalue weighted by atomic mass is 32.2. The Balaban J connectivity index is 2.21. The van der Waals surface area contributed by atoms with Crippen molar-refractivity contribution >= 4 is 23.6 Å². The molecule has 162 valence electrons. The van der Waals surface area contributed by atoms with Gasteiger partial charge in [0.2, 0.25) is 5.91 Å². The van der Waals surface area contributed by atoms with Crippen molar-refractivity contribution in [1.29, 1.82) is 0 Å². The maximum absolute atomic E-state index is 13.4. The molecule has 30 heavy (non-hydrogen) atoms. The van der Waals surface area contributed by atoms with Crippen LogP contribution in [0.1, 0.15) is 38.1 Å². The minimum atomic E-state index is -1.78. The molecule has 1 aromatic carbocycles. The minimum Gasteiger partial charge on any atom is -0.478 e. The summed E-state index contributed by atoms with van der Waals surface area (Å²) in [6.07, 6.45) is 1.93. The summed E-state index contributed by atoms with van der Waals surface area (Å²) in [5, 5.41) is 30.6. The molecule has 1 heterocycles. The Bertz CT molecular complexity index is 907. The highest BCUT2D eigenvalue weighted by Gasteiger charge is 2.50. The van der Waals surface area contributed by atoms with Crippen molar-refractivity contribution in [1.82, 2.24) is 4.90 Å². The molecule has 1 saturated heterocycles. The first-order valence-corrected chi connectivity index (χ1v) is 10.8. The first-order valence-electron chi connectivity index (χ1n) is 9.78. The summed E-state index contributed by atoms with van der Waals surface area (Å²) < 4.78 is 13.4. The monoisotopic (exact) mass is 435 g/mol. The summed E-state index contributed by atoms with van der Waals surface area (Å²) >= 11 is 1.36. The van der Waals surface area contributed by atoms with E-state index in [0.29, 0.717) is 23.3 Å². The Labute approximate surface area is 179 Å². The molecule has 1 fully saturated rings. The molecule has 0 spiro atoms. The number of rotatable bonds is 6. The number of aliphatic carboxylic acids is 1. The lowest BCUT2D eigenvalue weighted by molar-refractivity contribution is -0.135. The smallest absolute Gasteiger partial charge is 0.332 e. The fourth-order valence-corrected chi connectivity index (χ4v) is 5.33. The molecule has 0 bridgehead atoms. The Morgan fingerprint density at radius 2 is 1.97 bits per heavy atom. The van der Waals surface area contributed by atoms with E-state index in [4.69, 9.17) is 0 Å². The van der Waals surface area contributed by atoms with E-state index in [1.54, 1.807) is 12.1 Å². The molecule has 1 aromatic rings. The molecule has 1 amide bonds. The van der Waals surface area contributed by atoms with Gasteiger partial charge in [0, 0.05) is 11.5 Å². The Morgan fingerprint density at radius 3 is 2.50 bits per heavy atom. The van der Waals surface area contributed by atoms with E-state index in [1.807, 2.05) is 13.8 Å². The second kappa shape index (κ2) is 8.53. The van der Waals surface area contributed by atoms with Crippen LogP contribution in [0.2, 0.25) is 0 Å². The number of nitrogens with zero attached hydrogens (tertiary/aromatic N) is 1. The van der Waals surface area contributed by atoms with Crippen molar-refractivity contribution in [2.75, 3.05) is 12.4 Å². The highest BCUT2D eigenvalue weighted by molar-refractivity contribution is 8.00. The van der Waals surface area contributed by atoms with Crippen LogP contribution >= 0.6 is 11.8 Å². The summed E-state index contributed by atoms with van der Waals surface area (Å²) in [4.78, 5) is 26.3. The SMILES string of the molecule is CC(C)CC1=C(N2C(=O)CSC2c2ccc(F)cc2)C(C)(O)C(CO)C(C(=O)O)=C1. The summed E-state index contributed by atoms with van der Waals surface area (Å²) in [6.45, 7) is 4.78. The second-order valence-corrected chi connectivity index (χ2v) is 9.31. The lowest BCUT2D eigenvalue weighted by atomic mass is 9.73. The zero-order valence-corrected chi connectivity index (χ0v) is 17.9. The molecule has 1 aliphatic carbocycles. The van der Waals surface area contributed by atoms with Crippen LogP contribution in [-0.4, -0.2) is 50.1 Å². The number of carbonyl (C=O) groups excluding carboxylic acids is 1. The van der Waals surface area contributed by atoms with Crippen LogP contribution < -0.4 is 0 Å². The molecule has 0 saturated carbocycles. The Morgan fingerprint density at radius 1 is 1.33 bits per heavy atom. The molecule has 0 aromatic heterocycles. The van der Waals surface area contributed by atoms with Gasteiger partial charge in [-0.2, -0.15) is 0 Å². The maximum Gasteiger partial charge on any atom is 0.332 e. The molecule has 3 unspecified atom stereocenters. The first kappa shape index (κ1) is 22.5. The standard InChI is InChI=1S/C22H26FNO5S/c1-12(2)8-14-9-16(21(27)28)17(10-25)22(3,29)19(14)24-18(26)11-30-20(24)13-4-6-15(23)7-5-13/h4-7,9,12,17,20,25,29H,8,10-11H2,1-3H3,(H,27,28). The van der Waals surface area contributed by atoms with E-state index in [2.05, 4.69) is 0 Å². The van der Waals surface area contributed by atoms with E-state index in [9.17, 15) is 29.3 Å². The van der Waals surface area contributed by atoms with E-state index >= 15 is 0 Å². The number of thioether (sulfide) groups is 1. The number of benzene rings is 1. The van der Waals surface area contributed by atoms with Gasteiger partial charge in [-0.05, 0) is 48.6 Å². The topological polar surface area (TPSA) is 98.1 Å². The third-order valence-electron chi connectivity index (χ3n) is 5.49. The lowest BCUT2D eigenvalue weighted by Gasteiger charge is -2.44. The van der Waals surface area contributed by atoms with Crippen LogP contribution in [0.5, 0.6) is 0 Å². The number of hydrogen-bond acceptors (Lipinski definition) is 5. The maximum atomic E-state index is 13.4. The Kier molecular flexibility index (Phi) is 6.40. The molecular formula is C22H26FNO5S. The lowest BCUT2D eigenvalue weighted by Crippen LogP contribution is -2.50. The molecule has 6 nitrogen and oxygen atoms in total. The van der Waals surface area contributed by atoms with Gasteiger partial charge in [-0.3, -0.25) is 9.69 Å². The Hall–Kier alpha value is -2.16. The van der Waals surface area contributed by atoms with Crippen LogP contribution in [0.4, 0.5) is 4.39 Å². The quantitative estimate of drug-likeness (QED) is 0.635. The number of carboxylic acids is 1. The van der Waals surface area contributed by atoms with Gasteiger partial charge in [0.25, 0.3) is 0 Å². The summed E-state index contributed by atoms with van der Waals surface area (Å²) in [5.41, 5.74) is -0.294. The number of carboxylic acid groups (broad SMARTS) is 1. The van der Waals surface area contributed by atoms with Crippen LogP contribution in [0.15, 0.2) is 47.2 Å². The number of hydrogen-bond donors (Lipinski definition) is 3. The number of amides is 1. The van der Waals surface area contributed by atoms with Crippen LogP contribution in [0.3, 0.4) is 0 Å². The van der Waals surface area contributed by atoms with Crippen molar-refractivity contribution < 1.29 is 29.3 Å². The largest absolute Gasteiger partial charge is 0.478 e. The summed E-state index contributed by atoms with van der Waals surface area (Å²) in [6, 6.07) is 5.83. The predicted octanol–water partition coefficient (Wildman–Crippen LogP) is 3.08. The molecule has 3 rings (SSSR count). The highest BCUT2D eigenvalue weighted by Crippen LogP contribution is 2.49. The molecule has 0 radical (unpaired) electrons. The summed E-state index contributed by atoms with van der Waals surface area (Å²) in [5.74, 6) is -2.61. The first-order chi connectivity index (χ1) is 14.1. The minimum absolute atomic E-state index is 0.0838. The average Bonchev–Trinajstić information content (AvgIpc) is 3.02. The average molecular weight is 436 g/mol. The molecular weight excluding hydrogens is 409 g/mol. The van der Waals surface area contributed by atoms with E-state index in [1.165, 1.54) is 41.8 Å². The van der Waals surface area contributed by atoms with E-state index in [0.717, 1.165) is 0 Å². The molecule has 2 aliphatic rings. The third kappa shape index (κ3) is 4.04. The van der Waals surface area contributed by atoms with E-state index in [-0.39, 0.29) is 23.2 Å². The molecule has 3 atom stereocenters.